The van der Waals surface area contributed by atoms with E-state index in [9.17, 15) is 8.42 Å². The van der Waals surface area contributed by atoms with Crippen LogP contribution in [0.25, 0.3) is 0 Å². The Bertz CT molecular complexity index is 972. The summed E-state index contributed by atoms with van der Waals surface area (Å²) in [6, 6.07) is 8.76. The fourth-order valence-electron chi connectivity index (χ4n) is 4.31. The quantitative estimate of drug-likeness (QED) is 0.286. The van der Waals surface area contributed by atoms with Crippen LogP contribution in [-0.2, 0) is 18.7 Å². The number of rotatable bonds is 6. The standard InChI is InChI=1S/C27H48O4SSi2/c1-19-23(30-33(10,11)26(4,5)6)20(2)25(32(28,29)22-17-15-14-16-18-22)21(3)24(19)31-34(12,13)27(7,8)9/h14-19,21,23-25H,2H2,1,3-13H3/t19-,21+,23+,24+,25?/m1/s1. The van der Waals surface area contributed by atoms with E-state index >= 15 is 0 Å². The third-order valence-corrected chi connectivity index (χ3v) is 19.9. The maximum atomic E-state index is 14.0. The van der Waals surface area contributed by atoms with E-state index in [0.717, 1.165) is 0 Å². The van der Waals surface area contributed by atoms with Crippen LogP contribution < -0.4 is 0 Å². The highest BCUT2D eigenvalue weighted by Crippen LogP contribution is 2.48. The molecule has 1 aliphatic rings. The highest BCUT2D eigenvalue weighted by Gasteiger charge is 2.54. The van der Waals surface area contributed by atoms with Crippen molar-refractivity contribution in [1.82, 2.24) is 0 Å². The summed E-state index contributed by atoms with van der Waals surface area (Å²) in [5.74, 6) is -0.228. The molecule has 0 amide bonds. The predicted molar refractivity (Wildman–Crippen MR) is 149 cm³/mol. The van der Waals surface area contributed by atoms with Crippen LogP contribution >= 0.6 is 0 Å². The first-order chi connectivity index (χ1) is 15.1. The van der Waals surface area contributed by atoms with Gasteiger partial charge < -0.3 is 8.85 Å². The number of benzene rings is 1. The summed E-state index contributed by atoms with van der Waals surface area (Å²) in [6.07, 6.45) is -0.597. The van der Waals surface area contributed by atoms with E-state index in [1.165, 1.54) is 0 Å². The Morgan fingerprint density at radius 3 is 1.68 bits per heavy atom. The average molecular weight is 525 g/mol. The first-order valence-corrected chi connectivity index (χ1v) is 19.8. The lowest BCUT2D eigenvalue weighted by Crippen LogP contribution is -2.59. The fraction of sp³-hybridized carbons (Fsp3) is 0.704. The van der Waals surface area contributed by atoms with Gasteiger partial charge in [0.15, 0.2) is 26.5 Å². The van der Waals surface area contributed by atoms with Gasteiger partial charge in [0.1, 0.15) is 0 Å². The van der Waals surface area contributed by atoms with Gasteiger partial charge in [-0.1, -0.05) is 80.2 Å². The minimum Gasteiger partial charge on any atom is -0.413 e. The molecule has 1 aromatic carbocycles. The van der Waals surface area contributed by atoms with Crippen molar-refractivity contribution in [3.05, 3.63) is 42.5 Å². The monoisotopic (exact) mass is 524 g/mol. The summed E-state index contributed by atoms with van der Waals surface area (Å²) in [4.78, 5) is 0.333. The van der Waals surface area contributed by atoms with Crippen LogP contribution in [0.2, 0.25) is 36.3 Å². The number of sulfone groups is 1. The lowest BCUT2D eigenvalue weighted by Gasteiger charge is -2.52. The van der Waals surface area contributed by atoms with Crippen molar-refractivity contribution in [1.29, 1.82) is 0 Å². The van der Waals surface area contributed by atoms with Crippen LogP contribution in [-0.4, -0.2) is 42.5 Å². The van der Waals surface area contributed by atoms with Crippen LogP contribution in [0.5, 0.6) is 0 Å². The van der Waals surface area contributed by atoms with Crippen LogP contribution in [0.3, 0.4) is 0 Å². The van der Waals surface area contributed by atoms with Crippen molar-refractivity contribution in [2.75, 3.05) is 0 Å². The van der Waals surface area contributed by atoms with Crippen LogP contribution in [0, 0.1) is 11.8 Å². The highest BCUT2D eigenvalue weighted by molar-refractivity contribution is 7.92. The molecule has 0 saturated heterocycles. The van der Waals surface area contributed by atoms with E-state index in [1.807, 2.05) is 13.0 Å². The Morgan fingerprint density at radius 2 is 1.24 bits per heavy atom. The van der Waals surface area contributed by atoms with E-state index in [4.69, 9.17) is 8.85 Å². The summed E-state index contributed by atoms with van der Waals surface area (Å²) < 4.78 is 41.9. The molecular weight excluding hydrogens is 477 g/mol. The van der Waals surface area contributed by atoms with Crippen LogP contribution in [0.15, 0.2) is 47.4 Å². The number of hydrogen-bond donors (Lipinski definition) is 0. The van der Waals surface area contributed by atoms with Gasteiger partial charge >= 0.3 is 0 Å². The van der Waals surface area contributed by atoms with Gasteiger partial charge in [-0.05, 0) is 54.0 Å². The van der Waals surface area contributed by atoms with Gasteiger partial charge in [-0.2, -0.15) is 0 Å². The molecule has 4 nitrogen and oxygen atoms in total. The summed E-state index contributed by atoms with van der Waals surface area (Å²) in [5, 5.41) is -0.736. The normalized spacial score (nSPS) is 27.6. The molecule has 0 bridgehead atoms. The van der Waals surface area contributed by atoms with Crippen molar-refractivity contribution in [2.24, 2.45) is 11.8 Å². The number of hydrogen-bond acceptors (Lipinski definition) is 4. The minimum absolute atomic E-state index is 0.000348. The zero-order chi connectivity index (χ0) is 26.5. The first kappa shape index (κ1) is 29.5. The fourth-order valence-corrected chi connectivity index (χ4v) is 9.21. The van der Waals surface area contributed by atoms with Gasteiger partial charge in [-0.15, -0.1) is 0 Å². The Morgan fingerprint density at radius 1 is 0.794 bits per heavy atom. The molecule has 34 heavy (non-hydrogen) atoms. The first-order valence-electron chi connectivity index (χ1n) is 12.5. The van der Waals surface area contributed by atoms with Crippen LogP contribution in [0.1, 0.15) is 55.4 Å². The van der Waals surface area contributed by atoms with Gasteiger partial charge in [0, 0.05) is 11.8 Å². The smallest absolute Gasteiger partial charge is 0.192 e. The molecule has 0 aromatic heterocycles. The largest absolute Gasteiger partial charge is 0.413 e. The van der Waals surface area contributed by atoms with E-state index in [2.05, 4.69) is 81.2 Å². The molecule has 0 heterocycles. The molecule has 1 aromatic rings. The topological polar surface area (TPSA) is 52.6 Å². The van der Waals surface area contributed by atoms with E-state index in [0.29, 0.717) is 10.5 Å². The molecule has 7 heteroatoms. The average Bonchev–Trinajstić information content (AvgIpc) is 2.67. The van der Waals surface area contributed by atoms with Crippen molar-refractivity contribution in [3.8, 4) is 0 Å². The molecule has 1 fully saturated rings. The van der Waals surface area contributed by atoms with Gasteiger partial charge in [0.25, 0.3) is 0 Å². The van der Waals surface area contributed by atoms with Crippen molar-refractivity contribution >= 4 is 26.5 Å². The molecule has 0 spiro atoms. The SMILES string of the molecule is C=C1C(S(=O)(=O)c2ccccc2)[C@@H](C)[C@@H](O[Si](C)(C)C(C)(C)C)[C@H](C)[C@@H]1O[Si](C)(C)C(C)(C)C. The maximum absolute atomic E-state index is 14.0. The van der Waals surface area contributed by atoms with E-state index < -0.39 is 31.7 Å². The molecule has 1 aliphatic carbocycles. The summed E-state index contributed by atoms with van der Waals surface area (Å²) >= 11 is 0. The van der Waals surface area contributed by atoms with Crippen LogP contribution in [0.4, 0.5) is 0 Å². The Hall–Kier alpha value is -0.736. The molecule has 0 radical (unpaired) electrons. The molecular formula is C27H48O4SSi2. The summed E-state index contributed by atoms with van der Waals surface area (Å²) in [6.45, 7) is 30.8. The lowest BCUT2D eigenvalue weighted by molar-refractivity contribution is -0.00152. The van der Waals surface area contributed by atoms with Crippen molar-refractivity contribution in [2.45, 2.75) is 114 Å². The Kier molecular flexibility index (Phi) is 8.34. The third kappa shape index (κ3) is 5.64. The molecule has 194 valence electrons. The van der Waals surface area contributed by atoms with Gasteiger partial charge in [0.05, 0.1) is 22.4 Å². The van der Waals surface area contributed by atoms with Gasteiger partial charge in [0.2, 0.25) is 0 Å². The van der Waals surface area contributed by atoms with Gasteiger partial charge in [-0.3, -0.25) is 0 Å². The molecule has 0 N–H and O–H groups in total. The second-order valence-electron chi connectivity index (χ2n) is 13.2. The minimum atomic E-state index is -3.66. The summed E-state index contributed by atoms with van der Waals surface area (Å²) in [5.41, 5.74) is 0.670. The lowest BCUT2D eigenvalue weighted by atomic mass is 9.76. The molecule has 1 saturated carbocycles. The Balaban J connectivity index is 2.63. The predicted octanol–water partition coefficient (Wildman–Crippen LogP) is 7.45. The zero-order valence-electron chi connectivity index (χ0n) is 23.5. The van der Waals surface area contributed by atoms with Crippen molar-refractivity contribution in [3.63, 3.8) is 0 Å². The molecule has 2 rings (SSSR count). The molecule has 5 atom stereocenters. The zero-order valence-corrected chi connectivity index (χ0v) is 26.3. The highest BCUT2D eigenvalue weighted by atomic mass is 32.2. The second kappa shape index (κ2) is 9.62. The van der Waals surface area contributed by atoms with Gasteiger partial charge in [-0.25, -0.2) is 8.42 Å². The van der Waals surface area contributed by atoms with Crippen molar-refractivity contribution < 1.29 is 17.3 Å². The maximum Gasteiger partial charge on any atom is 0.192 e. The van der Waals surface area contributed by atoms with E-state index in [1.54, 1.807) is 24.3 Å². The Labute approximate surface area is 211 Å². The third-order valence-electron chi connectivity index (χ3n) is 8.59. The summed E-state index contributed by atoms with van der Waals surface area (Å²) in [7, 11) is -8.01. The molecule has 0 aliphatic heterocycles. The molecule has 1 unspecified atom stereocenters. The van der Waals surface area contributed by atoms with E-state index in [-0.39, 0.29) is 34.1 Å². The second-order valence-corrected chi connectivity index (χ2v) is 24.8.